The van der Waals surface area contributed by atoms with Crippen LogP contribution in [-0.4, -0.2) is 19.9 Å². The standard InChI is InChI=1S/C16H21N3O2S/c1-2-3-7-12-17-14-10-11-16(18-13-14)19-22(20,21)15-8-5-4-6-9-15/h4-6,8-11,13,17H,2-3,7,12H2,1H3,(H,18,19). The Kier molecular flexibility index (Phi) is 5.77. The summed E-state index contributed by atoms with van der Waals surface area (Å²) in [5.41, 5.74) is 0.888. The van der Waals surface area contributed by atoms with Gasteiger partial charge in [0.1, 0.15) is 5.82 Å². The fourth-order valence-electron chi connectivity index (χ4n) is 1.96. The van der Waals surface area contributed by atoms with Crippen LogP contribution in [0.15, 0.2) is 53.6 Å². The number of hydrogen-bond acceptors (Lipinski definition) is 4. The number of benzene rings is 1. The molecule has 0 fully saturated rings. The minimum Gasteiger partial charge on any atom is -0.384 e. The van der Waals surface area contributed by atoms with Crippen LogP contribution in [0.4, 0.5) is 11.5 Å². The van der Waals surface area contributed by atoms with E-state index in [1.165, 1.54) is 12.8 Å². The lowest BCUT2D eigenvalue weighted by Gasteiger charge is -2.09. The molecule has 0 aliphatic carbocycles. The second-order valence-electron chi connectivity index (χ2n) is 4.98. The zero-order valence-electron chi connectivity index (χ0n) is 12.6. The topological polar surface area (TPSA) is 71.1 Å². The van der Waals surface area contributed by atoms with Gasteiger partial charge in [-0.3, -0.25) is 4.72 Å². The number of hydrogen-bond donors (Lipinski definition) is 2. The fraction of sp³-hybridized carbons (Fsp3) is 0.312. The molecule has 6 heteroatoms. The molecule has 0 amide bonds. The average Bonchev–Trinajstić information content (AvgIpc) is 2.54. The predicted molar refractivity (Wildman–Crippen MR) is 89.5 cm³/mol. The van der Waals surface area contributed by atoms with Gasteiger partial charge in [-0.2, -0.15) is 0 Å². The van der Waals surface area contributed by atoms with Crippen LogP contribution in [0, 0.1) is 0 Å². The molecular weight excluding hydrogens is 298 g/mol. The average molecular weight is 319 g/mol. The summed E-state index contributed by atoms with van der Waals surface area (Å²) >= 11 is 0. The smallest absolute Gasteiger partial charge is 0.263 e. The van der Waals surface area contributed by atoms with E-state index in [1.807, 2.05) is 6.07 Å². The number of unbranched alkanes of at least 4 members (excludes halogenated alkanes) is 2. The molecule has 0 atom stereocenters. The van der Waals surface area contributed by atoms with Gasteiger partial charge in [0.25, 0.3) is 10.0 Å². The van der Waals surface area contributed by atoms with E-state index >= 15 is 0 Å². The van der Waals surface area contributed by atoms with Crippen molar-refractivity contribution in [2.45, 2.75) is 31.1 Å². The molecule has 1 heterocycles. The summed E-state index contributed by atoms with van der Waals surface area (Å²) < 4.78 is 26.8. The van der Waals surface area contributed by atoms with Crippen molar-refractivity contribution in [3.63, 3.8) is 0 Å². The van der Waals surface area contributed by atoms with E-state index in [9.17, 15) is 8.42 Å². The van der Waals surface area contributed by atoms with Crippen LogP contribution < -0.4 is 10.0 Å². The summed E-state index contributed by atoms with van der Waals surface area (Å²) in [6, 6.07) is 11.7. The normalized spacial score (nSPS) is 11.1. The maximum Gasteiger partial charge on any atom is 0.263 e. The van der Waals surface area contributed by atoms with Gasteiger partial charge in [0, 0.05) is 6.54 Å². The number of pyridine rings is 1. The fourth-order valence-corrected chi connectivity index (χ4v) is 2.99. The molecule has 0 aliphatic rings. The van der Waals surface area contributed by atoms with Crippen molar-refractivity contribution in [3.8, 4) is 0 Å². The third-order valence-corrected chi connectivity index (χ3v) is 4.54. The molecule has 1 aromatic carbocycles. The third-order valence-electron chi connectivity index (χ3n) is 3.17. The van der Waals surface area contributed by atoms with Crippen LogP contribution in [0.25, 0.3) is 0 Å². The molecule has 0 saturated carbocycles. The molecule has 0 unspecified atom stereocenters. The van der Waals surface area contributed by atoms with Crippen LogP contribution in [-0.2, 0) is 10.0 Å². The largest absolute Gasteiger partial charge is 0.384 e. The number of anilines is 2. The van der Waals surface area contributed by atoms with Gasteiger partial charge in [-0.15, -0.1) is 0 Å². The molecule has 0 saturated heterocycles. The Labute approximate surface area is 131 Å². The van der Waals surface area contributed by atoms with Crippen LogP contribution in [0.3, 0.4) is 0 Å². The number of nitrogens with one attached hydrogen (secondary N) is 2. The molecule has 2 N–H and O–H groups in total. The van der Waals surface area contributed by atoms with E-state index in [4.69, 9.17) is 0 Å². The zero-order chi connectivity index (χ0) is 15.8. The molecule has 0 radical (unpaired) electrons. The van der Waals surface area contributed by atoms with Gasteiger partial charge >= 0.3 is 0 Å². The lowest BCUT2D eigenvalue weighted by atomic mass is 10.2. The first-order chi connectivity index (χ1) is 10.6. The lowest BCUT2D eigenvalue weighted by Crippen LogP contribution is -2.13. The Hall–Kier alpha value is -2.08. The van der Waals surface area contributed by atoms with Crippen LogP contribution in [0.1, 0.15) is 26.2 Å². The SMILES string of the molecule is CCCCCNc1ccc(NS(=O)(=O)c2ccccc2)nc1. The Morgan fingerprint density at radius 3 is 2.45 bits per heavy atom. The van der Waals surface area contributed by atoms with Gasteiger partial charge in [0.15, 0.2) is 0 Å². The van der Waals surface area contributed by atoms with Crippen molar-refractivity contribution in [3.05, 3.63) is 48.7 Å². The maximum atomic E-state index is 12.2. The summed E-state index contributed by atoms with van der Waals surface area (Å²) in [6.07, 6.45) is 5.11. The van der Waals surface area contributed by atoms with Gasteiger partial charge in [0.2, 0.25) is 0 Å². The van der Waals surface area contributed by atoms with E-state index in [-0.39, 0.29) is 4.90 Å². The van der Waals surface area contributed by atoms with E-state index in [2.05, 4.69) is 21.9 Å². The monoisotopic (exact) mass is 319 g/mol. The molecular formula is C16H21N3O2S. The highest BCUT2D eigenvalue weighted by Gasteiger charge is 2.13. The molecule has 22 heavy (non-hydrogen) atoms. The van der Waals surface area contributed by atoms with Crippen LogP contribution >= 0.6 is 0 Å². The summed E-state index contributed by atoms with van der Waals surface area (Å²) in [5.74, 6) is 0.308. The first-order valence-electron chi connectivity index (χ1n) is 7.39. The number of rotatable bonds is 8. The summed E-state index contributed by atoms with van der Waals surface area (Å²) in [4.78, 5) is 4.36. The van der Waals surface area contributed by atoms with Gasteiger partial charge in [0.05, 0.1) is 16.8 Å². The lowest BCUT2D eigenvalue weighted by molar-refractivity contribution is 0.601. The number of nitrogens with zero attached hydrogens (tertiary/aromatic N) is 1. The van der Waals surface area contributed by atoms with Gasteiger partial charge in [-0.25, -0.2) is 13.4 Å². The van der Waals surface area contributed by atoms with Crippen molar-refractivity contribution >= 4 is 21.5 Å². The minimum absolute atomic E-state index is 0.221. The van der Waals surface area contributed by atoms with E-state index < -0.39 is 10.0 Å². The quantitative estimate of drug-likeness (QED) is 0.731. The summed E-state index contributed by atoms with van der Waals surface area (Å²) in [6.45, 7) is 3.06. The summed E-state index contributed by atoms with van der Waals surface area (Å²) in [5, 5.41) is 3.26. The highest BCUT2D eigenvalue weighted by molar-refractivity contribution is 7.92. The van der Waals surface area contributed by atoms with Crippen molar-refractivity contribution < 1.29 is 8.42 Å². The second kappa shape index (κ2) is 7.79. The Morgan fingerprint density at radius 2 is 1.82 bits per heavy atom. The second-order valence-corrected chi connectivity index (χ2v) is 6.67. The molecule has 0 spiro atoms. The van der Waals surface area contributed by atoms with Gasteiger partial charge in [-0.1, -0.05) is 38.0 Å². The Balaban J connectivity index is 1.96. The van der Waals surface area contributed by atoms with E-state index in [0.717, 1.165) is 18.7 Å². The zero-order valence-corrected chi connectivity index (χ0v) is 13.4. The minimum atomic E-state index is -3.58. The first-order valence-corrected chi connectivity index (χ1v) is 8.88. The number of sulfonamides is 1. The van der Waals surface area contributed by atoms with Crippen molar-refractivity contribution in [1.82, 2.24) is 4.98 Å². The molecule has 1 aromatic heterocycles. The van der Waals surface area contributed by atoms with Crippen LogP contribution in [0.5, 0.6) is 0 Å². The van der Waals surface area contributed by atoms with Gasteiger partial charge < -0.3 is 5.32 Å². The van der Waals surface area contributed by atoms with E-state index in [1.54, 1.807) is 42.6 Å². The molecule has 0 bridgehead atoms. The number of aromatic nitrogens is 1. The molecule has 0 aliphatic heterocycles. The molecule has 5 nitrogen and oxygen atoms in total. The predicted octanol–water partition coefficient (Wildman–Crippen LogP) is 3.48. The Bertz CT molecular complexity index is 670. The highest BCUT2D eigenvalue weighted by Crippen LogP contribution is 2.15. The van der Waals surface area contributed by atoms with Crippen molar-refractivity contribution in [1.29, 1.82) is 0 Å². The highest BCUT2D eigenvalue weighted by atomic mass is 32.2. The molecule has 2 rings (SSSR count). The van der Waals surface area contributed by atoms with Crippen molar-refractivity contribution in [2.75, 3.05) is 16.6 Å². The van der Waals surface area contributed by atoms with Gasteiger partial charge in [-0.05, 0) is 30.7 Å². The molecule has 2 aromatic rings. The third kappa shape index (κ3) is 4.73. The Morgan fingerprint density at radius 1 is 1.05 bits per heavy atom. The maximum absolute atomic E-state index is 12.2. The first kappa shape index (κ1) is 16.3. The van der Waals surface area contributed by atoms with Crippen LogP contribution in [0.2, 0.25) is 0 Å². The molecule has 118 valence electrons. The summed E-state index contributed by atoms with van der Waals surface area (Å²) in [7, 11) is -3.58. The van der Waals surface area contributed by atoms with E-state index in [0.29, 0.717) is 5.82 Å². The van der Waals surface area contributed by atoms with Crippen molar-refractivity contribution in [2.24, 2.45) is 0 Å².